The number of carbonyl (C=O) groups excluding carboxylic acids is 1. The van der Waals surface area contributed by atoms with E-state index in [-0.39, 0.29) is 11.8 Å². The first-order valence-corrected chi connectivity index (χ1v) is 9.76. The van der Waals surface area contributed by atoms with Gasteiger partial charge in [0.05, 0.1) is 0 Å². The number of nitrogens with zero attached hydrogens (tertiary/aromatic N) is 3. The van der Waals surface area contributed by atoms with Crippen molar-refractivity contribution >= 4 is 34.8 Å². The second-order valence-corrected chi connectivity index (χ2v) is 7.91. The van der Waals surface area contributed by atoms with Crippen LogP contribution in [0.25, 0.3) is 0 Å². The summed E-state index contributed by atoms with van der Waals surface area (Å²) >= 11 is 3.20. The molecule has 5 nitrogen and oxygen atoms in total. The van der Waals surface area contributed by atoms with Crippen molar-refractivity contribution in [3.8, 4) is 0 Å². The lowest BCUT2D eigenvalue weighted by Crippen LogP contribution is -2.33. The van der Waals surface area contributed by atoms with Gasteiger partial charge in [0.2, 0.25) is 11.1 Å². The van der Waals surface area contributed by atoms with Crippen molar-refractivity contribution in [2.24, 2.45) is 5.92 Å². The predicted molar refractivity (Wildman–Crippen MR) is 93.1 cm³/mol. The minimum atomic E-state index is -0.144. The molecule has 0 saturated carbocycles. The average molecular weight is 346 g/mol. The number of ketones is 1. The van der Waals surface area contributed by atoms with Gasteiger partial charge in [0.15, 0.2) is 5.78 Å². The Kier molecular flexibility index (Phi) is 3.57. The van der Waals surface area contributed by atoms with E-state index in [1.54, 1.807) is 11.3 Å². The maximum absolute atomic E-state index is 12.8. The van der Waals surface area contributed by atoms with E-state index in [2.05, 4.69) is 40.7 Å². The van der Waals surface area contributed by atoms with Crippen LogP contribution in [-0.2, 0) is 4.79 Å². The number of thiophene rings is 1. The lowest BCUT2D eigenvalue weighted by atomic mass is 9.82. The summed E-state index contributed by atoms with van der Waals surface area (Å²) in [5, 5.41) is 10.8. The molecule has 1 aliphatic heterocycles. The molecular weight excluding hydrogens is 328 g/mol. The molecule has 23 heavy (non-hydrogen) atoms. The first kappa shape index (κ1) is 15.0. The van der Waals surface area contributed by atoms with Crippen LogP contribution in [0.3, 0.4) is 0 Å². The summed E-state index contributed by atoms with van der Waals surface area (Å²) in [7, 11) is 0. The molecule has 2 aliphatic rings. The molecule has 2 unspecified atom stereocenters. The number of rotatable bonds is 2. The molecular formula is C16H18N4OS2. The summed E-state index contributed by atoms with van der Waals surface area (Å²) in [6, 6.07) is 1.96. The quantitative estimate of drug-likeness (QED) is 0.841. The van der Waals surface area contributed by atoms with Crippen LogP contribution in [0, 0.1) is 12.8 Å². The number of nitrogens with one attached hydrogen (secondary N) is 1. The number of aryl methyl sites for hydroxylation is 1. The number of allylic oxidation sites excluding steroid dienone is 2. The predicted octanol–water partition coefficient (Wildman–Crippen LogP) is 3.64. The van der Waals surface area contributed by atoms with Crippen LogP contribution >= 0.6 is 23.1 Å². The average Bonchev–Trinajstić information content (AvgIpc) is 3.10. The highest BCUT2D eigenvalue weighted by molar-refractivity contribution is 7.98. The Morgan fingerprint density at radius 2 is 2.26 bits per heavy atom. The van der Waals surface area contributed by atoms with Crippen LogP contribution in [0.5, 0.6) is 0 Å². The molecule has 0 bridgehead atoms. The summed E-state index contributed by atoms with van der Waals surface area (Å²) in [5.41, 5.74) is 3.10. The number of hydrogen-bond donors (Lipinski definition) is 1. The van der Waals surface area contributed by atoms with E-state index < -0.39 is 0 Å². The van der Waals surface area contributed by atoms with Gasteiger partial charge in [-0.2, -0.15) is 4.98 Å². The highest BCUT2D eigenvalue weighted by atomic mass is 32.2. The van der Waals surface area contributed by atoms with Crippen molar-refractivity contribution < 1.29 is 4.79 Å². The third-order valence-corrected chi connectivity index (χ3v) is 6.05. The Balaban J connectivity index is 1.92. The number of aromatic nitrogens is 3. The highest BCUT2D eigenvalue weighted by Gasteiger charge is 2.39. The van der Waals surface area contributed by atoms with Gasteiger partial charge < -0.3 is 5.32 Å². The fourth-order valence-electron chi connectivity index (χ4n) is 3.38. The van der Waals surface area contributed by atoms with Gasteiger partial charge in [-0.15, -0.1) is 16.4 Å². The second-order valence-electron chi connectivity index (χ2n) is 6.19. The molecule has 1 N–H and O–H groups in total. The normalized spacial score (nSPS) is 23.5. The first-order chi connectivity index (χ1) is 11.1. The van der Waals surface area contributed by atoms with E-state index in [0.717, 1.165) is 28.8 Å². The van der Waals surface area contributed by atoms with Crippen molar-refractivity contribution in [1.29, 1.82) is 0 Å². The van der Waals surface area contributed by atoms with E-state index in [1.807, 2.05) is 10.9 Å². The highest BCUT2D eigenvalue weighted by Crippen LogP contribution is 2.43. The van der Waals surface area contributed by atoms with E-state index >= 15 is 0 Å². The van der Waals surface area contributed by atoms with Crippen molar-refractivity contribution in [3.63, 3.8) is 0 Å². The molecule has 1 aliphatic carbocycles. The summed E-state index contributed by atoms with van der Waals surface area (Å²) in [6.07, 6.45) is 3.47. The summed E-state index contributed by atoms with van der Waals surface area (Å²) < 4.78 is 1.89. The first-order valence-electron chi connectivity index (χ1n) is 7.66. The molecule has 0 radical (unpaired) electrons. The van der Waals surface area contributed by atoms with Gasteiger partial charge in [-0.1, -0.05) is 18.7 Å². The zero-order chi connectivity index (χ0) is 16.1. The number of Topliss-reactive ketones (excluding diaryl/α,β-unsaturated/α-hetero) is 1. The number of carbonyl (C=O) groups is 1. The van der Waals surface area contributed by atoms with Crippen LogP contribution in [0.1, 0.15) is 36.2 Å². The molecule has 4 rings (SSSR count). The lowest BCUT2D eigenvalue weighted by molar-refractivity contribution is -0.117. The SMILES string of the molecule is CSc1nc2n(n1)C(c1sccc1C)C1=C(CC(C)CC1=O)N2. The summed E-state index contributed by atoms with van der Waals surface area (Å²) in [4.78, 5) is 18.5. The van der Waals surface area contributed by atoms with Crippen LogP contribution in [0.15, 0.2) is 27.9 Å². The molecule has 7 heteroatoms. The minimum absolute atomic E-state index is 0.144. The Labute approximate surface area is 143 Å². The Hall–Kier alpha value is -1.60. The third-order valence-electron chi connectivity index (χ3n) is 4.44. The molecule has 0 fully saturated rings. The minimum Gasteiger partial charge on any atom is -0.328 e. The number of thioether (sulfide) groups is 1. The number of fused-ring (bicyclic) bond motifs is 1. The molecule has 2 atom stereocenters. The molecule has 0 amide bonds. The van der Waals surface area contributed by atoms with Gasteiger partial charge in [0.25, 0.3) is 0 Å². The van der Waals surface area contributed by atoms with Gasteiger partial charge >= 0.3 is 0 Å². The number of anilines is 1. The van der Waals surface area contributed by atoms with Gasteiger partial charge in [-0.3, -0.25) is 4.79 Å². The van der Waals surface area contributed by atoms with Crippen LogP contribution in [0.2, 0.25) is 0 Å². The van der Waals surface area contributed by atoms with Crippen molar-refractivity contribution in [2.45, 2.75) is 37.9 Å². The van der Waals surface area contributed by atoms with Crippen LogP contribution in [-0.4, -0.2) is 26.8 Å². The van der Waals surface area contributed by atoms with Gasteiger partial charge in [-0.05, 0) is 42.5 Å². The topological polar surface area (TPSA) is 59.8 Å². The Morgan fingerprint density at radius 3 is 2.96 bits per heavy atom. The second kappa shape index (κ2) is 5.49. The molecule has 0 saturated heterocycles. The van der Waals surface area contributed by atoms with Gasteiger partial charge in [0, 0.05) is 22.6 Å². The van der Waals surface area contributed by atoms with E-state index in [9.17, 15) is 4.79 Å². The third kappa shape index (κ3) is 2.33. The van der Waals surface area contributed by atoms with Gasteiger partial charge in [0.1, 0.15) is 6.04 Å². The fourth-order valence-corrected chi connectivity index (χ4v) is 4.75. The molecule has 2 aromatic heterocycles. The molecule has 2 aromatic rings. The van der Waals surface area contributed by atoms with Crippen molar-refractivity contribution in [2.75, 3.05) is 11.6 Å². The van der Waals surface area contributed by atoms with Crippen molar-refractivity contribution in [3.05, 3.63) is 33.2 Å². The number of hydrogen-bond acceptors (Lipinski definition) is 6. The Bertz CT molecular complexity index is 820. The molecule has 0 aromatic carbocycles. The molecule has 3 heterocycles. The standard InChI is InChI=1S/C16H18N4OS2/c1-8-6-10-12(11(21)7-8)13(14-9(2)4-5-23-14)20-15(17-10)18-16(19-20)22-3/h4-5,8,13H,6-7H2,1-3H3,(H,17,18,19). The van der Waals surface area contributed by atoms with Gasteiger partial charge in [-0.25, -0.2) is 4.68 Å². The van der Waals surface area contributed by atoms with E-state index in [0.29, 0.717) is 12.3 Å². The molecule has 120 valence electrons. The van der Waals surface area contributed by atoms with Crippen LogP contribution < -0.4 is 5.32 Å². The monoisotopic (exact) mass is 346 g/mol. The maximum Gasteiger partial charge on any atom is 0.227 e. The largest absolute Gasteiger partial charge is 0.328 e. The lowest BCUT2D eigenvalue weighted by Gasteiger charge is -2.33. The van der Waals surface area contributed by atoms with E-state index in [1.165, 1.54) is 22.2 Å². The maximum atomic E-state index is 12.8. The van der Waals surface area contributed by atoms with Crippen LogP contribution in [0.4, 0.5) is 5.95 Å². The zero-order valence-corrected chi connectivity index (χ0v) is 14.9. The van der Waals surface area contributed by atoms with Crippen molar-refractivity contribution in [1.82, 2.24) is 14.8 Å². The summed E-state index contributed by atoms with van der Waals surface area (Å²) in [6.45, 7) is 4.22. The van der Waals surface area contributed by atoms with E-state index in [4.69, 9.17) is 0 Å². The summed E-state index contributed by atoms with van der Waals surface area (Å²) in [5.74, 6) is 1.34. The zero-order valence-electron chi connectivity index (χ0n) is 13.3. The fraction of sp³-hybridized carbons (Fsp3) is 0.438. The smallest absolute Gasteiger partial charge is 0.227 e. The Morgan fingerprint density at radius 1 is 1.43 bits per heavy atom. The molecule has 0 spiro atoms.